The lowest BCUT2D eigenvalue weighted by Crippen LogP contribution is -2.43. The normalized spacial score (nSPS) is 13.0. The van der Waals surface area contributed by atoms with Crippen molar-refractivity contribution in [1.82, 2.24) is 9.21 Å². The average molecular weight is 315 g/mol. The first-order chi connectivity index (χ1) is 9.48. The molecule has 0 fully saturated rings. The second-order valence-electron chi connectivity index (χ2n) is 5.98. The Hall–Kier alpha value is -1.31. The van der Waals surface area contributed by atoms with Crippen LogP contribution in [-0.4, -0.2) is 58.0 Å². The predicted octanol–water partition coefficient (Wildman–Crippen LogP) is 1.24. The zero-order chi connectivity index (χ0) is 16.4. The fourth-order valence-electron chi connectivity index (χ4n) is 1.41. The minimum Gasteiger partial charge on any atom is -0.490 e. The Morgan fingerprint density at radius 3 is 2.19 bits per heavy atom. The van der Waals surface area contributed by atoms with E-state index in [-0.39, 0.29) is 10.4 Å². The molecule has 0 aromatic heterocycles. The summed E-state index contributed by atoms with van der Waals surface area (Å²) in [6, 6.07) is 4.52. The van der Waals surface area contributed by atoms with Crippen molar-refractivity contribution in [1.29, 1.82) is 0 Å². The van der Waals surface area contributed by atoms with E-state index in [2.05, 4.69) is 0 Å². The number of hydrogen-bond acceptors (Lipinski definition) is 5. The van der Waals surface area contributed by atoms with Gasteiger partial charge in [-0.1, -0.05) is 0 Å². The summed E-state index contributed by atoms with van der Waals surface area (Å²) in [5.74, 6) is 0.489. The van der Waals surface area contributed by atoms with Crippen molar-refractivity contribution in [2.45, 2.75) is 24.3 Å². The zero-order valence-electron chi connectivity index (χ0n) is 13.5. The molecule has 0 saturated carbocycles. The number of anilines is 1. The number of sulfonamides is 1. The van der Waals surface area contributed by atoms with E-state index in [9.17, 15) is 8.42 Å². The number of benzene rings is 1. The fraction of sp³-hybridized carbons (Fsp3) is 0.571. The highest BCUT2D eigenvalue weighted by Gasteiger charge is 2.23. The molecule has 1 rings (SSSR count). The Kier molecular flexibility index (Phi) is 5.25. The molecule has 0 amide bonds. The van der Waals surface area contributed by atoms with Gasteiger partial charge in [0.25, 0.3) is 0 Å². The number of ether oxygens (including phenoxy) is 1. The number of nitrogens with zero attached hydrogens (tertiary/aromatic N) is 2. The molecule has 0 atom stereocenters. The number of likely N-dealkylation sites (N-methyl/N-ethyl adjacent to an activating group) is 1. The summed E-state index contributed by atoms with van der Waals surface area (Å²) in [6.07, 6.45) is 0. The summed E-state index contributed by atoms with van der Waals surface area (Å²) < 4.78 is 30.9. The molecule has 6 nitrogen and oxygen atoms in total. The van der Waals surface area contributed by atoms with Crippen molar-refractivity contribution in [3.63, 3.8) is 0 Å². The van der Waals surface area contributed by atoms with Gasteiger partial charge >= 0.3 is 0 Å². The number of nitrogen functional groups attached to an aromatic ring is 1. The maximum atomic E-state index is 12.0. The molecule has 0 saturated heterocycles. The van der Waals surface area contributed by atoms with Crippen molar-refractivity contribution < 1.29 is 13.2 Å². The van der Waals surface area contributed by atoms with Crippen LogP contribution in [0, 0.1) is 0 Å². The topological polar surface area (TPSA) is 75.9 Å². The zero-order valence-corrected chi connectivity index (χ0v) is 14.4. The molecule has 0 radical (unpaired) electrons. The van der Waals surface area contributed by atoms with Gasteiger partial charge in [-0.15, -0.1) is 0 Å². The molecule has 120 valence electrons. The first-order valence-corrected chi connectivity index (χ1v) is 8.05. The Balaban J connectivity index is 2.95. The molecule has 1 aromatic rings. The van der Waals surface area contributed by atoms with E-state index in [1.54, 1.807) is 6.07 Å². The van der Waals surface area contributed by atoms with Gasteiger partial charge in [0.1, 0.15) is 12.4 Å². The maximum Gasteiger partial charge on any atom is 0.242 e. The van der Waals surface area contributed by atoms with Crippen molar-refractivity contribution >= 4 is 15.7 Å². The molecular weight excluding hydrogens is 290 g/mol. The van der Waals surface area contributed by atoms with E-state index in [4.69, 9.17) is 10.5 Å². The summed E-state index contributed by atoms with van der Waals surface area (Å²) in [4.78, 5) is 2.21. The summed E-state index contributed by atoms with van der Waals surface area (Å²) in [5.41, 5.74) is 6.06. The molecule has 7 heteroatoms. The van der Waals surface area contributed by atoms with E-state index >= 15 is 0 Å². The molecule has 0 aliphatic rings. The molecule has 0 spiro atoms. The molecule has 0 bridgehead atoms. The largest absolute Gasteiger partial charge is 0.490 e. The third-order valence-electron chi connectivity index (χ3n) is 3.55. The molecule has 0 unspecified atom stereocenters. The third-order valence-corrected chi connectivity index (χ3v) is 5.36. The molecule has 2 N–H and O–H groups in total. The van der Waals surface area contributed by atoms with E-state index < -0.39 is 10.0 Å². The SMILES string of the molecule is CN(C)C(C)(C)COc1ccc(S(=O)(=O)N(C)C)cc1N. The predicted molar refractivity (Wildman–Crippen MR) is 85.0 cm³/mol. The van der Waals surface area contributed by atoms with Gasteiger partial charge in [0.15, 0.2) is 0 Å². The minimum atomic E-state index is -3.48. The van der Waals surface area contributed by atoms with Gasteiger partial charge < -0.3 is 15.4 Å². The standard InChI is InChI=1S/C14H25N3O3S/c1-14(2,16(3)4)10-20-13-8-7-11(9-12(13)15)21(18,19)17(5)6/h7-9H,10,15H2,1-6H3. The van der Waals surface area contributed by atoms with Crippen LogP contribution in [0.5, 0.6) is 5.75 Å². The Labute approximate surface area is 127 Å². The Bertz CT molecular complexity index is 595. The van der Waals surface area contributed by atoms with Crippen LogP contribution in [-0.2, 0) is 10.0 Å². The molecule has 21 heavy (non-hydrogen) atoms. The Morgan fingerprint density at radius 2 is 1.76 bits per heavy atom. The van der Waals surface area contributed by atoms with Crippen LogP contribution in [0.15, 0.2) is 23.1 Å². The van der Waals surface area contributed by atoms with Gasteiger partial charge in [-0.05, 0) is 46.1 Å². The van der Waals surface area contributed by atoms with Crippen molar-refractivity contribution in [2.75, 3.05) is 40.5 Å². The summed E-state index contributed by atoms with van der Waals surface area (Å²) >= 11 is 0. The highest BCUT2D eigenvalue weighted by Crippen LogP contribution is 2.27. The first-order valence-electron chi connectivity index (χ1n) is 6.61. The van der Waals surface area contributed by atoms with Crippen LogP contribution in [0.2, 0.25) is 0 Å². The van der Waals surface area contributed by atoms with Crippen LogP contribution in [0.3, 0.4) is 0 Å². The van der Waals surface area contributed by atoms with Crippen LogP contribution < -0.4 is 10.5 Å². The fourth-order valence-corrected chi connectivity index (χ4v) is 2.35. The second kappa shape index (κ2) is 6.21. The lowest BCUT2D eigenvalue weighted by Gasteiger charge is -2.32. The molecule has 0 aliphatic heterocycles. The van der Waals surface area contributed by atoms with Gasteiger partial charge in [-0.2, -0.15) is 0 Å². The van der Waals surface area contributed by atoms with Gasteiger partial charge in [-0.25, -0.2) is 12.7 Å². The summed E-state index contributed by atoms with van der Waals surface area (Å²) in [6.45, 7) is 4.55. The molecule has 0 aliphatic carbocycles. The number of hydrogen-bond donors (Lipinski definition) is 1. The van der Waals surface area contributed by atoms with Crippen molar-refractivity contribution in [3.05, 3.63) is 18.2 Å². The summed E-state index contributed by atoms with van der Waals surface area (Å²) in [5, 5.41) is 0. The first kappa shape index (κ1) is 17.7. The minimum absolute atomic E-state index is 0.152. The molecule has 0 heterocycles. The van der Waals surface area contributed by atoms with E-state index in [0.29, 0.717) is 18.0 Å². The molecule has 1 aromatic carbocycles. The highest BCUT2D eigenvalue weighted by atomic mass is 32.2. The lowest BCUT2D eigenvalue weighted by atomic mass is 10.1. The smallest absolute Gasteiger partial charge is 0.242 e. The highest BCUT2D eigenvalue weighted by molar-refractivity contribution is 7.89. The maximum absolute atomic E-state index is 12.0. The van der Waals surface area contributed by atoms with Crippen LogP contribution in [0.25, 0.3) is 0 Å². The summed E-state index contributed by atoms with van der Waals surface area (Å²) in [7, 11) is 3.42. The van der Waals surface area contributed by atoms with E-state index in [1.165, 1.54) is 26.2 Å². The van der Waals surface area contributed by atoms with Gasteiger partial charge in [0.2, 0.25) is 10.0 Å². The third kappa shape index (κ3) is 4.09. The van der Waals surface area contributed by atoms with Crippen LogP contribution >= 0.6 is 0 Å². The van der Waals surface area contributed by atoms with E-state index in [0.717, 1.165) is 4.31 Å². The van der Waals surface area contributed by atoms with Gasteiger partial charge in [-0.3, -0.25) is 0 Å². The second-order valence-corrected chi connectivity index (χ2v) is 8.13. The van der Waals surface area contributed by atoms with Crippen LogP contribution in [0.1, 0.15) is 13.8 Å². The van der Waals surface area contributed by atoms with Crippen LogP contribution in [0.4, 0.5) is 5.69 Å². The number of nitrogens with two attached hydrogens (primary N) is 1. The van der Waals surface area contributed by atoms with Crippen molar-refractivity contribution in [2.24, 2.45) is 0 Å². The lowest BCUT2D eigenvalue weighted by molar-refractivity contribution is 0.114. The van der Waals surface area contributed by atoms with Gasteiger partial charge in [0.05, 0.1) is 10.6 Å². The van der Waals surface area contributed by atoms with E-state index in [1.807, 2.05) is 32.8 Å². The Morgan fingerprint density at radius 1 is 1.19 bits per heavy atom. The number of rotatable bonds is 6. The molecular formula is C14H25N3O3S. The monoisotopic (exact) mass is 315 g/mol. The van der Waals surface area contributed by atoms with Crippen molar-refractivity contribution in [3.8, 4) is 5.75 Å². The average Bonchev–Trinajstić information content (AvgIpc) is 2.36. The quantitative estimate of drug-likeness (QED) is 0.799. The van der Waals surface area contributed by atoms with Gasteiger partial charge in [0, 0.05) is 19.6 Å².